The predicted molar refractivity (Wildman–Crippen MR) is 95.4 cm³/mol. The van der Waals surface area contributed by atoms with E-state index in [1.165, 1.54) is 0 Å². The average Bonchev–Trinajstić information content (AvgIpc) is 3.07. The van der Waals surface area contributed by atoms with Crippen molar-refractivity contribution < 1.29 is 4.79 Å². The number of pyridine rings is 1. The van der Waals surface area contributed by atoms with E-state index in [0.29, 0.717) is 6.54 Å². The first-order chi connectivity index (χ1) is 11.8. The molecule has 0 saturated carbocycles. The number of carbonyl (C=O) groups is 1. The first-order valence-corrected chi connectivity index (χ1v) is 7.97. The molecular formula is C20H17N3O. The summed E-state index contributed by atoms with van der Waals surface area (Å²) >= 11 is 0. The molecule has 0 atom stereocenters. The number of amides is 1. The lowest BCUT2D eigenvalue weighted by Gasteiger charge is -2.14. The summed E-state index contributed by atoms with van der Waals surface area (Å²) in [4.78, 5) is 16.3. The van der Waals surface area contributed by atoms with Gasteiger partial charge in [-0.25, -0.2) is 0 Å². The van der Waals surface area contributed by atoms with Gasteiger partial charge in [0.2, 0.25) is 0 Å². The second-order valence-corrected chi connectivity index (χ2v) is 5.78. The van der Waals surface area contributed by atoms with Crippen LogP contribution in [0.3, 0.4) is 0 Å². The van der Waals surface area contributed by atoms with Crippen molar-refractivity contribution in [3.63, 3.8) is 0 Å². The Labute approximate surface area is 140 Å². The third kappa shape index (κ3) is 2.86. The lowest BCUT2D eigenvalue weighted by atomic mass is 10.1. The van der Waals surface area contributed by atoms with Gasteiger partial charge in [0, 0.05) is 31.0 Å². The molecule has 4 rings (SSSR count). The van der Waals surface area contributed by atoms with Crippen LogP contribution >= 0.6 is 0 Å². The van der Waals surface area contributed by atoms with Crippen molar-refractivity contribution in [1.82, 2.24) is 14.9 Å². The summed E-state index contributed by atoms with van der Waals surface area (Å²) in [5.41, 5.74) is 4.85. The molecule has 3 heterocycles. The smallest absolute Gasteiger partial charge is 0.267 e. The molecule has 4 heteroatoms. The molecule has 1 amide bonds. The van der Waals surface area contributed by atoms with E-state index in [4.69, 9.17) is 0 Å². The van der Waals surface area contributed by atoms with Crippen LogP contribution in [-0.2, 0) is 6.54 Å². The Hall–Kier alpha value is -3.14. The fourth-order valence-corrected chi connectivity index (χ4v) is 2.89. The van der Waals surface area contributed by atoms with Gasteiger partial charge in [-0.05, 0) is 35.4 Å². The van der Waals surface area contributed by atoms with Crippen LogP contribution in [0.15, 0.2) is 60.9 Å². The molecule has 0 unspecified atom stereocenters. The standard InChI is InChI=1S/C20H17N3O/c24-20-19-13-17(14-23(19)11-10-22-20)16-8-9-21-18(12-16)7-6-15-4-2-1-3-5-15/h1-9,12-14H,10-11H2,(H,22,24)/b7-6+. The van der Waals surface area contributed by atoms with Crippen LogP contribution < -0.4 is 5.32 Å². The molecule has 1 aliphatic heterocycles. The first-order valence-electron chi connectivity index (χ1n) is 7.97. The largest absolute Gasteiger partial charge is 0.349 e. The molecule has 1 N–H and O–H groups in total. The summed E-state index contributed by atoms with van der Waals surface area (Å²) < 4.78 is 2.01. The minimum Gasteiger partial charge on any atom is -0.349 e. The number of carbonyl (C=O) groups excluding carboxylic acids is 1. The Balaban J connectivity index is 1.63. The number of rotatable bonds is 3. The molecule has 0 bridgehead atoms. The summed E-state index contributed by atoms with van der Waals surface area (Å²) in [5, 5.41) is 2.87. The van der Waals surface area contributed by atoms with Gasteiger partial charge in [0.05, 0.1) is 5.69 Å². The van der Waals surface area contributed by atoms with Crippen molar-refractivity contribution in [3.05, 3.63) is 77.9 Å². The summed E-state index contributed by atoms with van der Waals surface area (Å²) in [6.07, 6.45) is 7.89. The Morgan fingerprint density at radius 2 is 1.92 bits per heavy atom. The Morgan fingerprint density at radius 1 is 1.04 bits per heavy atom. The number of nitrogens with zero attached hydrogens (tertiary/aromatic N) is 2. The van der Waals surface area contributed by atoms with E-state index in [-0.39, 0.29) is 5.91 Å². The highest BCUT2D eigenvalue weighted by Crippen LogP contribution is 2.24. The molecule has 1 aliphatic rings. The minimum atomic E-state index is -0.00856. The van der Waals surface area contributed by atoms with Crippen LogP contribution in [0.5, 0.6) is 0 Å². The molecule has 24 heavy (non-hydrogen) atoms. The van der Waals surface area contributed by atoms with Gasteiger partial charge in [0.15, 0.2) is 0 Å². The highest BCUT2D eigenvalue weighted by atomic mass is 16.2. The van der Waals surface area contributed by atoms with E-state index in [1.807, 2.05) is 59.3 Å². The van der Waals surface area contributed by atoms with Crippen LogP contribution in [0, 0.1) is 0 Å². The SMILES string of the molecule is O=C1NCCn2cc(-c3ccnc(/C=C/c4ccccc4)c3)cc21. The van der Waals surface area contributed by atoms with E-state index in [9.17, 15) is 4.79 Å². The van der Waals surface area contributed by atoms with Gasteiger partial charge in [-0.1, -0.05) is 36.4 Å². The van der Waals surface area contributed by atoms with Gasteiger partial charge in [-0.15, -0.1) is 0 Å². The molecular weight excluding hydrogens is 298 g/mol. The van der Waals surface area contributed by atoms with Crippen molar-refractivity contribution >= 4 is 18.1 Å². The van der Waals surface area contributed by atoms with Crippen molar-refractivity contribution in [1.29, 1.82) is 0 Å². The molecule has 0 saturated heterocycles. The minimum absolute atomic E-state index is 0.00856. The molecule has 118 valence electrons. The Morgan fingerprint density at radius 3 is 2.75 bits per heavy atom. The van der Waals surface area contributed by atoms with E-state index in [2.05, 4.69) is 22.4 Å². The van der Waals surface area contributed by atoms with E-state index in [0.717, 1.165) is 34.6 Å². The Kier molecular flexibility index (Phi) is 3.71. The monoisotopic (exact) mass is 315 g/mol. The summed E-state index contributed by atoms with van der Waals surface area (Å²) in [6, 6.07) is 16.1. The van der Waals surface area contributed by atoms with Gasteiger partial charge in [-0.2, -0.15) is 0 Å². The van der Waals surface area contributed by atoms with Crippen LogP contribution in [0.4, 0.5) is 0 Å². The second-order valence-electron chi connectivity index (χ2n) is 5.78. The maximum Gasteiger partial charge on any atom is 0.267 e. The van der Waals surface area contributed by atoms with Crippen LogP contribution in [0.1, 0.15) is 21.7 Å². The van der Waals surface area contributed by atoms with Crippen molar-refractivity contribution in [2.75, 3.05) is 6.54 Å². The van der Waals surface area contributed by atoms with Crippen LogP contribution in [0.25, 0.3) is 23.3 Å². The number of aromatic nitrogens is 2. The molecule has 3 aromatic rings. The first kappa shape index (κ1) is 14.5. The third-order valence-corrected chi connectivity index (χ3v) is 4.13. The number of hydrogen-bond acceptors (Lipinski definition) is 2. The average molecular weight is 315 g/mol. The lowest BCUT2D eigenvalue weighted by molar-refractivity contribution is 0.0928. The normalized spacial score (nSPS) is 13.8. The molecule has 0 spiro atoms. The zero-order valence-corrected chi connectivity index (χ0v) is 13.1. The molecule has 0 aliphatic carbocycles. The van der Waals surface area contributed by atoms with Crippen molar-refractivity contribution in [2.24, 2.45) is 0 Å². The molecule has 0 fully saturated rings. The Bertz CT molecular complexity index is 910. The van der Waals surface area contributed by atoms with Crippen LogP contribution in [-0.4, -0.2) is 22.0 Å². The van der Waals surface area contributed by atoms with Crippen molar-refractivity contribution in [2.45, 2.75) is 6.54 Å². The number of benzene rings is 1. The maximum atomic E-state index is 11.9. The van der Waals surface area contributed by atoms with Gasteiger partial charge in [0.1, 0.15) is 5.69 Å². The topological polar surface area (TPSA) is 46.9 Å². The zero-order valence-electron chi connectivity index (χ0n) is 13.1. The second kappa shape index (κ2) is 6.16. The third-order valence-electron chi connectivity index (χ3n) is 4.13. The van der Waals surface area contributed by atoms with E-state index >= 15 is 0 Å². The zero-order chi connectivity index (χ0) is 16.4. The summed E-state index contributed by atoms with van der Waals surface area (Å²) in [7, 11) is 0. The quantitative estimate of drug-likeness (QED) is 0.804. The van der Waals surface area contributed by atoms with Crippen molar-refractivity contribution in [3.8, 4) is 11.1 Å². The van der Waals surface area contributed by atoms with Crippen LogP contribution in [0.2, 0.25) is 0 Å². The highest BCUT2D eigenvalue weighted by molar-refractivity contribution is 5.95. The van der Waals surface area contributed by atoms with E-state index < -0.39 is 0 Å². The maximum absolute atomic E-state index is 11.9. The fourth-order valence-electron chi connectivity index (χ4n) is 2.89. The highest BCUT2D eigenvalue weighted by Gasteiger charge is 2.18. The fraction of sp³-hybridized carbons (Fsp3) is 0.100. The summed E-state index contributed by atoms with van der Waals surface area (Å²) in [6.45, 7) is 1.49. The number of nitrogens with one attached hydrogen (secondary N) is 1. The van der Waals surface area contributed by atoms with Gasteiger partial charge < -0.3 is 9.88 Å². The lowest BCUT2D eigenvalue weighted by Crippen LogP contribution is -2.34. The van der Waals surface area contributed by atoms with E-state index in [1.54, 1.807) is 6.20 Å². The van der Waals surface area contributed by atoms with Gasteiger partial charge in [-0.3, -0.25) is 9.78 Å². The van der Waals surface area contributed by atoms with Gasteiger partial charge in [0.25, 0.3) is 5.91 Å². The molecule has 4 nitrogen and oxygen atoms in total. The predicted octanol–water partition coefficient (Wildman–Crippen LogP) is 3.46. The number of hydrogen-bond donors (Lipinski definition) is 1. The number of fused-ring (bicyclic) bond motifs is 1. The summed E-state index contributed by atoms with van der Waals surface area (Å²) in [5.74, 6) is -0.00856. The van der Waals surface area contributed by atoms with Gasteiger partial charge >= 0.3 is 0 Å². The molecule has 0 radical (unpaired) electrons. The molecule has 2 aromatic heterocycles. The molecule has 1 aromatic carbocycles.